The highest BCUT2D eigenvalue weighted by Crippen LogP contribution is 2.29. The van der Waals surface area contributed by atoms with E-state index in [2.05, 4.69) is 15.3 Å². The van der Waals surface area contributed by atoms with E-state index in [1.807, 2.05) is 4.90 Å². The molecular weight excluding hydrogens is 413 g/mol. The summed E-state index contributed by atoms with van der Waals surface area (Å²) < 4.78 is 43.0. The molecule has 1 aliphatic rings. The summed E-state index contributed by atoms with van der Waals surface area (Å²) in [6.45, 7) is 4.52. The number of anilines is 1. The van der Waals surface area contributed by atoms with Gasteiger partial charge in [-0.05, 0) is 37.5 Å². The first-order chi connectivity index (χ1) is 14.7. The Kier molecular flexibility index (Phi) is 7.32. The van der Waals surface area contributed by atoms with Crippen LogP contribution in [-0.2, 0) is 28.5 Å². The van der Waals surface area contributed by atoms with Crippen LogP contribution in [0.25, 0.3) is 0 Å². The van der Waals surface area contributed by atoms with Crippen molar-refractivity contribution in [3.63, 3.8) is 0 Å². The Labute approximate surface area is 177 Å². The quantitative estimate of drug-likeness (QED) is 0.692. The van der Waals surface area contributed by atoms with E-state index in [0.717, 1.165) is 12.1 Å². The first-order valence-corrected chi connectivity index (χ1v) is 10.1. The van der Waals surface area contributed by atoms with Gasteiger partial charge >= 0.3 is 6.18 Å². The third kappa shape index (κ3) is 6.30. The number of morpholine rings is 1. The molecule has 1 amide bonds. The number of nitrogens with one attached hydrogen (secondary N) is 2. The van der Waals surface area contributed by atoms with Crippen molar-refractivity contribution in [2.75, 3.05) is 37.7 Å². The number of amides is 1. The van der Waals surface area contributed by atoms with Gasteiger partial charge < -0.3 is 15.0 Å². The molecule has 0 aliphatic carbocycles. The zero-order valence-electron chi connectivity index (χ0n) is 17.2. The van der Waals surface area contributed by atoms with Crippen molar-refractivity contribution in [3.8, 4) is 0 Å². The van der Waals surface area contributed by atoms with Gasteiger partial charge in [0.15, 0.2) is 0 Å². The van der Waals surface area contributed by atoms with Crippen LogP contribution in [0.3, 0.4) is 0 Å². The maximum Gasteiger partial charge on any atom is 0.416 e. The molecule has 1 saturated heterocycles. The van der Waals surface area contributed by atoms with Crippen molar-refractivity contribution < 1.29 is 22.7 Å². The molecule has 0 unspecified atom stereocenters. The van der Waals surface area contributed by atoms with E-state index in [1.54, 1.807) is 6.92 Å². The molecule has 1 aromatic carbocycles. The van der Waals surface area contributed by atoms with E-state index < -0.39 is 11.7 Å². The van der Waals surface area contributed by atoms with Gasteiger partial charge in [0.05, 0.1) is 18.8 Å². The van der Waals surface area contributed by atoms with Crippen LogP contribution in [0.2, 0.25) is 0 Å². The number of nitrogens with zero attached hydrogens (tertiary/aromatic N) is 2. The molecule has 2 heterocycles. The Bertz CT molecular complexity index is 952. The maximum atomic E-state index is 12.6. The van der Waals surface area contributed by atoms with Gasteiger partial charge in [-0.1, -0.05) is 12.1 Å². The van der Waals surface area contributed by atoms with Crippen molar-refractivity contribution in [1.82, 2.24) is 15.3 Å². The minimum Gasteiger partial charge on any atom is -0.378 e. The van der Waals surface area contributed by atoms with E-state index in [-0.39, 0.29) is 24.3 Å². The van der Waals surface area contributed by atoms with Gasteiger partial charge in [-0.3, -0.25) is 14.6 Å². The summed E-state index contributed by atoms with van der Waals surface area (Å²) in [6, 6.07) is 4.86. The van der Waals surface area contributed by atoms with Gasteiger partial charge in [-0.25, -0.2) is 4.98 Å². The number of aromatic nitrogens is 2. The number of ether oxygens (including phenoxy) is 1. The molecular formula is C21H25F3N4O3. The number of benzene rings is 1. The summed E-state index contributed by atoms with van der Waals surface area (Å²) in [4.78, 5) is 33.8. The van der Waals surface area contributed by atoms with Gasteiger partial charge in [0.2, 0.25) is 11.9 Å². The second kappa shape index (κ2) is 9.95. The van der Waals surface area contributed by atoms with Crippen LogP contribution in [-0.4, -0.2) is 48.7 Å². The van der Waals surface area contributed by atoms with E-state index in [9.17, 15) is 22.8 Å². The highest BCUT2D eigenvalue weighted by atomic mass is 19.4. The third-order valence-corrected chi connectivity index (χ3v) is 5.14. The van der Waals surface area contributed by atoms with E-state index >= 15 is 0 Å². The molecule has 0 radical (unpaired) electrons. The summed E-state index contributed by atoms with van der Waals surface area (Å²) in [6.07, 6.45) is -3.57. The number of rotatable bonds is 7. The average Bonchev–Trinajstić information content (AvgIpc) is 2.73. The minimum absolute atomic E-state index is 0.121. The monoisotopic (exact) mass is 438 g/mol. The molecule has 31 heavy (non-hydrogen) atoms. The summed E-state index contributed by atoms with van der Waals surface area (Å²) in [5, 5.41) is 2.73. The number of hydrogen-bond acceptors (Lipinski definition) is 5. The summed E-state index contributed by atoms with van der Waals surface area (Å²) in [7, 11) is 0. The minimum atomic E-state index is -4.36. The molecule has 10 heteroatoms. The molecule has 7 nitrogen and oxygen atoms in total. The number of hydrogen-bond donors (Lipinski definition) is 2. The lowest BCUT2D eigenvalue weighted by Crippen LogP contribution is -2.38. The molecule has 1 fully saturated rings. The van der Waals surface area contributed by atoms with Crippen molar-refractivity contribution in [2.24, 2.45) is 0 Å². The summed E-state index contributed by atoms with van der Waals surface area (Å²) >= 11 is 0. The van der Waals surface area contributed by atoms with Crippen LogP contribution in [0.4, 0.5) is 19.1 Å². The Morgan fingerprint density at radius 3 is 2.48 bits per heavy atom. The fourth-order valence-corrected chi connectivity index (χ4v) is 3.35. The number of halogens is 3. The fourth-order valence-electron chi connectivity index (χ4n) is 3.35. The lowest BCUT2D eigenvalue weighted by atomic mass is 10.1. The molecule has 1 aromatic heterocycles. The number of alkyl halides is 3. The van der Waals surface area contributed by atoms with E-state index in [4.69, 9.17) is 4.74 Å². The molecule has 1 aliphatic heterocycles. The standard InChI is InChI=1S/C21H25F3N4O3/c1-14-17(19(30)27-20(26-14)28-10-12-31-13-11-28)6-7-18(29)25-9-8-15-2-4-16(5-3-15)21(22,23)24/h2-5H,6-13H2,1H3,(H,25,29)(H,26,27,30). The number of aryl methyl sites for hydroxylation is 1. The van der Waals surface area contributed by atoms with Crippen molar-refractivity contribution in [2.45, 2.75) is 32.4 Å². The van der Waals surface area contributed by atoms with Crippen LogP contribution in [0.15, 0.2) is 29.1 Å². The lowest BCUT2D eigenvalue weighted by Gasteiger charge is -2.27. The van der Waals surface area contributed by atoms with Crippen LogP contribution in [0.1, 0.15) is 28.8 Å². The topological polar surface area (TPSA) is 87.3 Å². The largest absolute Gasteiger partial charge is 0.416 e. The van der Waals surface area contributed by atoms with Gasteiger partial charge in [-0.2, -0.15) is 13.2 Å². The molecule has 2 N–H and O–H groups in total. The van der Waals surface area contributed by atoms with Gasteiger partial charge in [0.25, 0.3) is 5.56 Å². The first-order valence-electron chi connectivity index (χ1n) is 10.1. The normalized spacial score (nSPS) is 14.5. The molecule has 0 spiro atoms. The van der Waals surface area contributed by atoms with Crippen molar-refractivity contribution in [3.05, 3.63) is 57.0 Å². The second-order valence-electron chi connectivity index (χ2n) is 7.35. The number of carbonyl (C=O) groups excluding carboxylic acids is 1. The number of aromatic amines is 1. The molecule has 168 valence electrons. The SMILES string of the molecule is Cc1nc(N2CCOCC2)[nH]c(=O)c1CCC(=O)NCCc1ccc(C(F)(F)F)cc1. The van der Waals surface area contributed by atoms with E-state index in [1.165, 1.54) is 12.1 Å². The Hall–Kier alpha value is -2.88. The van der Waals surface area contributed by atoms with Gasteiger partial charge in [0, 0.05) is 37.3 Å². The van der Waals surface area contributed by atoms with E-state index in [0.29, 0.717) is 62.0 Å². The van der Waals surface area contributed by atoms with Crippen LogP contribution < -0.4 is 15.8 Å². The molecule has 0 saturated carbocycles. The molecule has 2 aromatic rings. The van der Waals surface area contributed by atoms with Crippen LogP contribution in [0.5, 0.6) is 0 Å². The highest BCUT2D eigenvalue weighted by molar-refractivity contribution is 5.76. The number of carbonyl (C=O) groups is 1. The maximum absolute atomic E-state index is 12.6. The lowest BCUT2D eigenvalue weighted by molar-refractivity contribution is -0.137. The average molecular weight is 438 g/mol. The van der Waals surface area contributed by atoms with Crippen LogP contribution >= 0.6 is 0 Å². The Morgan fingerprint density at radius 1 is 1.19 bits per heavy atom. The predicted molar refractivity (Wildman–Crippen MR) is 109 cm³/mol. The second-order valence-corrected chi connectivity index (χ2v) is 7.35. The third-order valence-electron chi connectivity index (χ3n) is 5.14. The van der Waals surface area contributed by atoms with Crippen molar-refractivity contribution >= 4 is 11.9 Å². The fraction of sp³-hybridized carbons (Fsp3) is 0.476. The highest BCUT2D eigenvalue weighted by Gasteiger charge is 2.29. The molecule has 0 bridgehead atoms. The summed E-state index contributed by atoms with van der Waals surface area (Å²) in [5.74, 6) is 0.276. The van der Waals surface area contributed by atoms with Crippen molar-refractivity contribution in [1.29, 1.82) is 0 Å². The Balaban J connectivity index is 1.47. The number of H-pyrrole nitrogens is 1. The predicted octanol–water partition coefficient (Wildman–Crippen LogP) is 2.23. The van der Waals surface area contributed by atoms with Crippen LogP contribution in [0, 0.1) is 6.92 Å². The smallest absolute Gasteiger partial charge is 0.378 e. The first kappa shape index (κ1) is 22.8. The zero-order chi connectivity index (χ0) is 22.4. The summed E-state index contributed by atoms with van der Waals surface area (Å²) in [5.41, 5.74) is 0.793. The Morgan fingerprint density at radius 2 is 1.87 bits per heavy atom. The molecule has 0 atom stereocenters. The zero-order valence-corrected chi connectivity index (χ0v) is 17.2. The van der Waals surface area contributed by atoms with Gasteiger partial charge in [0.1, 0.15) is 0 Å². The molecule has 3 rings (SSSR count). The van der Waals surface area contributed by atoms with Gasteiger partial charge in [-0.15, -0.1) is 0 Å².